The topological polar surface area (TPSA) is 32.3 Å². The quantitative estimate of drug-likeness (QED) is 0.380. The third-order valence-corrected chi connectivity index (χ3v) is 1.64. The predicted molar refractivity (Wildman–Crippen MR) is 53.1 cm³/mol. The van der Waals surface area contributed by atoms with E-state index in [1.807, 2.05) is 26.5 Å². The Kier molecular flexibility index (Phi) is 7.56. The summed E-state index contributed by atoms with van der Waals surface area (Å²) < 4.78 is 0. The summed E-state index contributed by atoms with van der Waals surface area (Å²) in [5, 5.41) is 11.9. The highest BCUT2D eigenvalue weighted by Crippen LogP contribution is 1.96. The number of alkyl halides is 1. The molecule has 1 atom stereocenters. The Morgan fingerprint density at radius 1 is 1.67 bits per heavy atom. The van der Waals surface area contributed by atoms with Gasteiger partial charge in [-0.2, -0.15) is 0 Å². The van der Waals surface area contributed by atoms with Crippen molar-refractivity contribution < 1.29 is 5.11 Å². The average molecular weight is 191 g/mol. The van der Waals surface area contributed by atoms with Gasteiger partial charge in [-0.15, -0.1) is 11.6 Å². The van der Waals surface area contributed by atoms with Crippen molar-refractivity contribution in [2.45, 2.75) is 26.3 Å². The molecule has 0 bridgehead atoms. The van der Waals surface area contributed by atoms with Crippen LogP contribution in [0.15, 0.2) is 11.6 Å². The molecule has 12 heavy (non-hydrogen) atoms. The Hall–Kier alpha value is -0.0500. The lowest BCUT2D eigenvalue weighted by Gasteiger charge is -2.08. The average Bonchev–Trinajstić information content (AvgIpc) is 2.05. The molecule has 0 fully saturated rings. The van der Waals surface area contributed by atoms with Crippen LogP contribution >= 0.6 is 11.6 Å². The van der Waals surface area contributed by atoms with Crippen LogP contribution in [-0.4, -0.2) is 23.6 Å². The highest BCUT2D eigenvalue weighted by Gasteiger charge is 1.96. The van der Waals surface area contributed by atoms with Crippen LogP contribution in [-0.2, 0) is 0 Å². The Bertz CT molecular complexity index is 136. The van der Waals surface area contributed by atoms with Gasteiger partial charge in [-0.05, 0) is 20.3 Å². The van der Waals surface area contributed by atoms with E-state index in [1.165, 1.54) is 0 Å². The molecule has 0 saturated heterocycles. The summed E-state index contributed by atoms with van der Waals surface area (Å²) in [5.74, 6) is 0.641. The first kappa shape index (κ1) is 11.9. The van der Waals surface area contributed by atoms with Crippen molar-refractivity contribution in [3.8, 4) is 0 Å². The first-order chi connectivity index (χ1) is 5.70. The molecule has 0 aliphatic carbocycles. The molecule has 0 aliphatic rings. The van der Waals surface area contributed by atoms with Crippen LogP contribution in [0.5, 0.6) is 0 Å². The van der Waals surface area contributed by atoms with Gasteiger partial charge in [-0.1, -0.05) is 11.6 Å². The van der Waals surface area contributed by atoms with Gasteiger partial charge in [0.1, 0.15) is 0 Å². The van der Waals surface area contributed by atoms with Gasteiger partial charge in [0.05, 0.1) is 6.61 Å². The van der Waals surface area contributed by atoms with Crippen molar-refractivity contribution in [2.75, 3.05) is 12.5 Å². The second-order valence-corrected chi connectivity index (χ2v) is 3.19. The molecule has 0 aromatic rings. The summed E-state index contributed by atoms with van der Waals surface area (Å²) in [7, 11) is 0. The van der Waals surface area contributed by atoms with Crippen molar-refractivity contribution in [3.05, 3.63) is 18.2 Å². The lowest BCUT2D eigenvalue weighted by molar-refractivity contribution is 0.330. The number of aliphatic hydroxyl groups excluding tert-OH is 1. The summed E-state index contributed by atoms with van der Waals surface area (Å²) >= 11 is 5.49. The SMILES string of the molecule is C/C(=C\C(C)N[CH]CCCl)CO. The molecule has 0 aromatic carbocycles. The highest BCUT2D eigenvalue weighted by molar-refractivity contribution is 6.17. The van der Waals surface area contributed by atoms with Crippen molar-refractivity contribution >= 4 is 11.6 Å². The van der Waals surface area contributed by atoms with Gasteiger partial charge < -0.3 is 10.4 Å². The van der Waals surface area contributed by atoms with E-state index in [9.17, 15) is 0 Å². The van der Waals surface area contributed by atoms with Crippen LogP contribution < -0.4 is 5.32 Å². The molecule has 0 aliphatic heterocycles. The second kappa shape index (κ2) is 7.59. The summed E-state index contributed by atoms with van der Waals surface area (Å²) in [6, 6.07) is 0.264. The first-order valence-electron chi connectivity index (χ1n) is 4.12. The number of rotatable bonds is 6. The minimum absolute atomic E-state index is 0.127. The maximum atomic E-state index is 8.73. The fraction of sp³-hybridized carbons (Fsp3) is 0.667. The molecule has 71 valence electrons. The molecule has 2 N–H and O–H groups in total. The maximum Gasteiger partial charge on any atom is 0.0639 e. The first-order valence-corrected chi connectivity index (χ1v) is 4.66. The van der Waals surface area contributed by atoms with E-state index in [-0.39, 0.29) is 12.6 Å². The van der Waals surface area contributed by atoms with E-state index in [4.69, 9.17) is 16.7 Å². The number of nitrogens with one attached hydrogen (secondary N) is 1. The van der Waals surface area contributed by atoms with Gasteiger partial charge in [0.15, 0.2) is 0 Å². The van der Waals surface area contributed by atoms with Gasteiger partial charge in [-0.25, -0.2) is 0 Å². The molecule has 0 heterocycles. The number of aliphatic hydroxyl groups is 1. The molecule has 0 spiro atoms. The van der Waals surface area contributed by atoms with Gasteiger partial charge in [0.25, 0.3) is 0 Å². The minimum Gasteiger partial charge on any atom is -0.392 e. The largest absolute Gasteiger partial charge is 0.392 e. The standard InChI is InChI=1S/C9H17ClNO/c1-8(7-12)6-9(2)11-5-3-4-10/h5-6,9,11-12H,3-4,7H2,1-2H3/b8-6+. The summed E-state index contributed by atoms with van der Waals surface area (Å²) in [4.78, 5) is 0. The third kappa shape index (κ3) is 6.65. The van der Waals surface area contributed by atoms with Gasteiger partial charge in [0.2, 0.25) is 0 Å². The molecular weight excluding hydrogens is 174 g/mol. The number of hydrogen-bond donors (Lipinski definition) is 2. The molecule has 0 rings (SSSR count). The zero-order valence-electron chi connectivity index (χ0n) is 7.68. The molecular formula is C9H17ClNO. The van der Waals surface area contributed by atoms with Gasteiger partial charge in [-0.3, -0.25) is 0 Å². The molecule has 1 radical (unpaired) electrons. The van der Waals surface area contributed by atoms with E-state index < -0.39 is 0 Å². The molecule has 2 nitrogen and oxygen atoms in total. The van der Waals surface area contributed by atoms with E-state index in [0.717, 1.165) is 12.0 Å². The smallest absolute Gasteiger partial charge is 0.0639 e. The monoisotopic (exact) mass is 190 g/mol. The fourth-order valence-corrected chi connectivity index (χ4v) is 0.960. The number of hydrogen-bond acceptors (Lipinski definition) is 2. The lowest BCUT2D eigenvalue weighted by Crippen LogP contribution is -2.21. The van der Waals surface area contributed by atoms with Crippen LogP contribution in [0.4, 0.5) is 0 Å². The molecule has 1 unspecified atom stereocenters. The van der Waals surface area contributed by atoms with E-state index in [0.29, 0.717) is 5.88 Å². The normalized spacial score (nSPS) is 14.8. The van der Waals surface area contributed by atoms with Crippen LogP contribution in [0.1, 0.15) is 20.3 Å². The van der Waals surface area contributed by atoms with Crippen molar-refractivity contribution in [1.82, 2.24) is 5.32 Å². The number of halogens is 1. The van der Waals surface area contributed by atoms with Crippen molar-refractivity contribution in [3.63, 3.8) is 0 Å². The Morgan fingerprint density at radius 3 is 2.83 bits per heavy atom. The van der Waals surface area contributed by atoms with E-state index in [1.54, 1.807) is 0 Å². The van der Waals surface area contributed by atoms with Crippen molar-refractivity contribution in [2.24, 2.45) is 0 Å². The Balaban J connectivity index is 3.51. The molecule has 0 aromatic heterocycles. The van der Waals surface area contributed by atoms with Crippen LogP contribution in [0.3, 0.4) is 0 Å². The summed E-state index contributed by atoms with van der Waals surface area (Å²) in [6.45, 7) is 6.00. The Labute approximate surface area is 79.6 Å². The van der Waals surface area contributed by atoms with E-state index in [2.05, 4.69) is 5.32 Å². The third-order valence-electron chi connectivity index (χ3n) is 1.42. The second-order valence-electron chi connectivity index (χ2n) is 2.81. The zero-order valence-corrected chi connectivity index (χ0v) is 8.43. The van der Waals surface area contributed by atoms with Crippen LogP contribution in [0, 0.1) is 6.54 Å². The fourth-order valence-electron chi connectivity index (χ4n) is 0.851. The van der Waals surface area contributed by atoms with Crippen molar-refractivity contribution in [1.29, 1.82) is 0 Å². The van der Waals surface area contributed by atoms with Gasteiger partial charge in [0, 0.05) is 18.5 Å². The van der Waals surface area contributed by atoms with Crippen LogP contribution in [0.25, 0.3) is 0 Å². The Morgan fingerprint density at radius 2 is 2.33 bits per heavy atom. The van der Waals surface area contributed by atoms with E-state index >= 15 is 0 Å². The van der Waals surface area contributed by atoms with Crippen LogP contribution in [0.2, 0.25) is 0 Å². The predicted octanol–water partition coefficient (Wildman–Crippen LogP) is 1.69. The summed E-state index contributed by atoms with van der Waals surface area (Å²) in [6.07, 6.45) is 2.85. The molecule has 3 heteroatoms. The lowest BCUT2D eigenvalue weighted by atomic mass is 10.2. The zero-order chi connectivity index (χ0) is 9.40. The highest BCUT2D eigenvalue weighted by atomic mass is 35.5. The molecule has 0 saturated carbocycles. The maximum absolute atomic E-state index is 8.73. The summed E-state index contributed by atoms with van der Waals surface area (Å²) in [5.41, 5.74) is 0.981. The minimum atomic E-state index is 0.127. The van der Waals surface area contributed by atoms with Gasteiger partial charge >= 0.3 is 0 Å². The molecule has 0 amide bonds.